The normalized spacial score (nSPS) is 14.9. The molecule has 0 aliphatic carbocycles. The van der Waals surface area contributed by atoms with Gasteiger partial charge in [0.25, 0.3) is 0 Å². The largest absolute Gasteiger partial charge is 0.468 e. The third-order valence-electron chi connectivity index (χ3n) is 2.43. The van der Waals surface area contributed by atoms with Crippen molar-refractivity contribution in [3.63, 3.8) is 0 Å². The average molecular weight is 201 g/mol. The van der Waals surface area contributed by atoms with Crippen LogP contribution in [0.3, 0.4) is 0 Å². The maximum absolute atomic E-state index is 11.4. The first kappa shape index (κ1) is 13.4. The maximum atomic E-state index is 11.4. The molecular formula is C11H23NO2. The molecule has 0 aromatic rings. The van der Waals surface area contributed by atoms with Crippen molar-refractivity contribution in [2.75, 3.05) is 7.11 Å². The number of ether oxygens (including phenoxy) is 1. The summed E-state index contributed by atoms with van der Waals surface area (Å²) >= 11 is 0. The number of rotatable bonds is 7. The van der Waals surface area contributed by atoms with Gasteiger partial charge in [0, 0.05) is 6.04 Å². The zero-order chi connectivity index (χ0) is 11.0. The van der Waals surface area contributed by atoms with Gasteiger partial charge < -0.3 is 10.1 Å². The second kappa shape index (κ2) is 7.80. The Kier molecular flexibility index (Phi) is 7.48. The summed E-state index contributed by atoms with van der Waals surface area (Å²) < 4.78 is 4.75. The van der Waals surface area contributed by atoms with Crippen LogP contribution in [0.25, 0.3) is 0 Å². The van der Waals surface area contributed by atoms with Gasteiger partial charge in [-0.2, -0.15) is 0 Å². The molecule has 0 radical (unpaired) electrons. The Morgan fingerprint density at radius 2 is 2.07 bits per heavy atom. The predicted molar refractivity (Wildman–Crippen MR) is 58.2 cm³/mol. The summed E-state index contributed by atoms with van der Waals surface area (Å²) in [6, 6.07) is 0.242. The second-order valence-electron chi connectivity index (χ2n) is 3.69. The van der Waals surface area contributed by atoms with Gasteiger partial charge in [-0.1, -0.05) is 26.7 Å². The van der Waals surface area contributed by atoms with Crippen molar-refractivity contribution < 1.29 is 9.53 Å². The third-order valence-corrected chi connectivity index (χ3v) is 2.43. The molecule has 0 saturated heterocycles. The van der Waals surface area contributed by atoms with Crippen molar-refractivity contribution in [3.05, 3.63) is 0 Å². The van der Waals surface area contributed by atoms with E-state index in [4.69, 9.17) is 4.74 Å². The molecule has 2 atom stereocenters. The van der Waals surface area contributed by atoms with Gasteiger partial charge in [0.15, 0.2) is 0 Å². The highest BCUT2D eigenvalue weighted by Gasteiger charge is 2.19. The Balaban J connectivity index is 4.03. The van der Waals surface area contributed by atoms with Crippen molar-refractivity contribution >= 4 is 5.97 Å². The lowest BCUT2D eigenvalue weighted by Crippen LogP contribution is -2.42. The topological polar surface area (TPSA) is 38.3 Å². The second-order valence-corrected chi connectivity index (χ2v) is 3.69. The lowest BCUT2D eigenvalue weighted by atomic mass is 10.1. The third kappa shape index (κ3) is 5.22. The van der Waals surface area contributed by atoms with Crippen LogP contribution in [0.5, 0.6) is 0 Å². The van der Waals surface area contributed by atoms with Crippen LogP contribution in [-0.2, 0) is 9.53 Å². The molecule has 0 rings (SSSR count). The van der Waals surface area contributed by atoms with Crippen LogP contribution >= 0.6 is 0 Å². The Labute approximate surface area is 87.2 Å². The van der Waals surface area contributed by atoms with E-state index >= 15 is 0 Å². The van der Waals surface area contributed by atoms with Crippen molar-refractivity contribution in [3.8, 4) is 0 Å². The molecule has 0 aromatic heterocycles. The summed E-state index contributed by atoms with van der Waals surface area (Å²) in [7, 11) is 1.44. The first-order valence-electron chi connectivity index (χ1n) is 5.49. The van der Waals surface area contributed by atoms with E-state index in [0.717, 1.165) is 25.7 Å². The van der Waals surface area contributed by atoms with Crippen LogP contribution in [0.2, 0.25) is 0 Å². The first-order valence-corrected chi connectivity index (χ1v) is 5.49. The lowest BCUT2D eigenvalue weighted by molar-refractivity contribution is -0.143. The molecule has 1 N–H and O–H groups in total. The zero-order valence-electron chi connectivity index (χ0n) is 9.80. The summed E-state index contributed by atoms with van der Waals surface area (Å²) in [6.45, 7) is 6.31. The highest BCUT2D eigenvalue weighted by atomic mass is 16.5. The monoisotopic (exact) mass is 201 g/mol. The number of carbonyl (C=O) groups is 1. The molecular weight excluding hydrogens is 178 g/mol. The number of methoxy groups -OCH3 is 1. The van der Waals surface area contributed by atoms with Gasteiger partial charge in [-0.25, -0.2) is 0 Å². The van der Waals surface area contributed by atoms with E-state index in [-0.39, 0.29) is 12.0 Å². The Hall–Kier alpha value is -0.570. The Morgan fingerprint density at radius 1 is 1.43 bits per heavy atom. The molecule has 0 fully saturated rings. The van der Waals surface area contributed by atoms with Crippen molar-refractivity contribution in [1.29, 1.82) is 0 Å². The molecule has 14 heavy (non-hydrogen) atoms. The standard InChI is InChI=1S/C11H23NO2/c1-5-7-8-10(11(13)14-4)12-9(3)6-2/h9-10,12H,5-8H2,1-4H3. The summed E-state index contributed by atoms with van der Waals surface area (Å²) in [5.41, 5.74) is 0. The van der Waals surface area contributed by atoms with Gasteiger partial charge in [-0.3, -0.25) is 4.79 Å². The molecule has 2 unspecified atom stereocenters. The molecule has 0 spiro atoms. The molecule has 0 heterocycles. The quantitative estimate of drug-likeness (QED) is 0.641. The molecule has 84 valence electrons. The highest BCUT2D eigenvalue weighted by Crippen LogP contribution is 2.04. The van der Waals surface area contributed by atoms with Crippen LogP contribution in [0.4, 0.5) is 0 Å². The highest BCUT2D eigenvalue weighted by molar-refractivity contribution is 5.75. The molecule has 0 aliphatic heterocycles. The molecule has 0 aromatic carbocycles. The number of unbranched alkanes of at least 4 members (excludes halogenated alkanes) is 1. The lowest BCUT2D eigenvalue weighted by Gasteiger charge is -2.20. The van der Waals surface area contributed by atoms with Gasteiger partial charge in [-0.15, -0.1) is 0 Å². The summed E-state index contributed by atoms with van der Waals surface area (Å²) in [6.07, 6.45) is 4.06. The minimum Gasteiger partial charge on any atom is -0.468 e. The molecule has 0 saturated carbocycles. The minimum atomic E-state index is -0.140. The van der Waals surface area contributed by atoms with Gasteiger partial charge in [0.1, 0.15) is 6.04 Å². The summed E-state index contributed by atoms with van der Waals surface area (Å²) in [5, 5.41) is 3.28. The van der Waals surface area contributed by atoms with E-state index in [1.54, 1.807) is 0 Å². The van der Waals surface area contributed by atoms with Gasteiger partial charge >= 0.3 is 5.97 Å². The fraction of sp³-hybridized carbons (Fsp3) is 0.909. The van der Waals surface area contributed by atoms with Crippen LogP contribution in [-0.4, -0.2) is 25.2 Å². The molecule has 3 nitrogen and oxygen atoms in total. The number of nitrogens with one attached hydrogen (secondary N) is 1. The van der Waals surface area contributed by atoms with E-state index in [1.165, 1.54) is 7.11 Å². The van der Waals surface area contributed by atoms with E-state index in [0.29, 0.717) is 6.04 Å². The van der Waals surface area contributed by atoms with Gasteiger partial charge in [-0.05, 0) is 19.8 Å². The average Bonchev–Trinajstić information content (AvgIpc) is 2.22. The number of esters is 1. The van der Waals surface area contributed by atoms with Crippen molar-refractivity contribution in [2.45, 2.75) is 58.5 Å². The fourth-order valence-corrected chi connectivity index (χ4v) is 1.28. The number of hydrogen-bond acceptors (Lipinski definition) is 3. The Morgan fingerprint density at radius 3 is 2.50 bits per heavy atom. The van der Waals surface area contributed by atoms with E-state index in [1.807, 2.05) is 0 Å². The molecule has 0 amide bonds. The number of carbonyl (C=O) groups excluding carboxylic acids is 1. The van der Waals surface area contributed by atoms with E-state index in [2.05, 4.69) is 26.1 Å². The minimum absolute atomic E-state index is 0.130. The predicted octanol–water partition coefficient (Wildman–Crippen LogP) is 2.11. The zero-order valence-corrected chi connectivity index (χ0v) is 9.80. The van der Waals surface area contributed by atoms with Crippen molar-refractivity contribution in [1.82, 2.24) is 5.32 Å². The smallest absolute Gasteiger partial charge is 0.322 e. The number of hydrogen-bond donors (Lipinski definition) is 1. The molecule has 3 heteroatoms. The molecule has 0 bridgehead atoms. The van der Waals surface area contributed by atoms with Crippen LogP contribution in [0, 0.1) is 0 Å². The van der Waals surface area contributed by atoms with E-state index in [9.17, 15) is 4.79 Å². The van der Waals surface area contributed by atoms with Gasteiger partial charge in [0.05, 0.1) is 7.11 Å². The Bertz CT molecular complexity index is 159. The SMILES string of the molecule is CCCCC(NC(C)CC)C(=O)OC. The van der Waals surface area contributed by atoms with Gasteiger partial charge in [0.2, 0.25) is 0 Å². The molecule has 0 aliphatic rings. The fourth-order valence-electron chi connectivity index (χ4n) is 1.28. The summed E-state index contributed by atoms with van der Waals surface area (Å²) in [4.78, 5) is 11.4. The first-order chi connectivity index (χ1) is 6.65. The summed E-state index contributed by atoms with van der Waals surface area (Å²) in [5.74, 6) is -0.140. The maximum Gasteiger partial charge on any atom is 0.322 e. The van der Waals surface area contributed by atoms with E-state index < -0.39 is 0 Å². The van der Waals surface area contributed by atoms with Crippen LogP contribution in [0.1, 0.15) is 46.5 Å². The van der Waals surface area contributed by atoms with Crippen molar-refractivity contribution in [2.24, 2.45) is 0 Å². The van der Waals surface area contributed by atoms with Crippen LogP contribution in [0.15, 0.2) is 0 Å². The van der Waals surface area contributed by atoms with Crippen LogP contribution < -0.4 is 5.32 Å².